The van der Waals surface area contributed by atoms with Crippen molar-refractivity contribution in [1.82, 2.24) is 0 Å². The van der Waals surface area contributed by atoms with Crippen LogP contribution in [0.5, 0.6) is 0 Å². The van der Waals surface area contributed by atoms with Crippen LogP contribution >= 0.6 is 15.9 Å². The summed E-state index contributed by atoms with van der Waals surface area (Å²) in [5.41, 5.74) is 3.66. The van der Waals surface area contributed by atoms with Gasteiger partial charge in [0, 0.05) is 16.7 Å². The third-order valence-corrected chi connectivity index (χ3v) is 5.06. The van der Waals surface area contributed by atoms with Crippen LogP contribution in [0.25, 0.3) is 0 Å². The van der Waals surface area contributed by atoms with E-state index in [9.17, 15) is 8.42 Å². The van der Waals surface area contributed by atoms with Gasteiger partial charge in [-0.2, -0.15) is 0 Å². The second-order valence-electron chi connectivity index (χ2n) is 4.92. The fourth-order valence-electron chi connectivity index (χ4n) is 2.10. The van der Waals surface area contributed by atoms with Crippen molar-refractivity contribution in [2.75, 3.05) is 5.32 Å². The number of halogens is 1. The molecule has 0 saturated carbocycles. The molecule has 6 heteroatoms. The average Bonchev–Trinajstić information content (AvgIpc) is 2.38. The van der Waals surface area contributed by atoms with Crippen molar-refractivity contribution in [3.63, 3.8) is 0 Å². The van der Waals surface area contributed by atoms with E-state index in [4.69, 9.17) is 5.14 Å². The number of anilines is 1. The third-order valence-electron chi connectivity index (χ3n) is 3.27. The maximum Gasteiger partial charge on any atom is 0.238 e. The van der Waals surface area contributed by atoms with E-state index < -0.39 is 10.0 Å². The summed E-state index contributed by atoms with van der Waals surface area (Å²) >= 11 is 3.53. The number of primary sulfonamides is 1. The predicted octanol–water partition coefficient (Wildman–Crippen LogP) is 3.33. The Hall–Kier alpha value is -1.37. The van der Waals surface area contributed by atoms with Gasteiger partial charge in [-0.1, -0.05) is 34.1 Å². The van der Waals surface area contributed by atoms with Crippen LogP contribution in [-0.4, -0.2) is 8.42 Å². The number of nitrogens with one attached hydrogen (secondary N) is 1. The normalized spacial score (nSPS) is 11.4. The Balaban J connectivity index is 2.25. The highest BCUT2D eigenvalue weighted by atomic mass is 79.9. The molecule has 0 saturated heterocycles. The fraction of sp³-hybridized carbons (Fsp3) is 0.200. The quantitative estimate of drug-likeness (QED) is 0.869. The van der Waals surface area contributed by atoms with Crippen LogP contribution in [-0.2, 0) is 16.6 Å². The van der Waals surface area contributed by atoms with Gasteiger partial charge < -0.3 is 5.32 Å². The molecule has 0 atom stereocenters. The highest BCUT2D eigenvalue weighted by Crippen LogP contribution is 2.24. The zero-order chi connectivity index (χ0) is 15.6. The summed E-state index contributed by atoms with van der Waals surface area (Å²) in [5, 5.41) is 8.46. The maximum atomic E-state index is 11.5. The Kier molecular flexibility index (Phi) is 4.70. The van der Waals surface area contributed by atoms with E-state index in [0.29, 0.717) is 12.1 Å². The molecule has 0 aliphatic rings. The lowest BCUT2D eigenvalue weighted by Crippen LogP contribution is -2.14. The van der Waals surface area contributed by atoms with Crippen molar-refractivity contribution < 1.29 is 8.42 Å². The van der Waals surface area contributed by atoms with Gasteiger partial charge in [-0.15, -0.1) is 0 Å². The lowest BCUT2D eigenvalue weighted by Gasteiger charge is -2.13. The predicted molar refractivity (Wildman–Crippen MR) is 88.8 cm³/mol. The largest absolute Gasteiger partial charge is 0.381 e. The first-order valence-electron chi connectivity index (χ1n) is 6.40. The molecule has 0 aliphatic carbocycles. The SMILES string of the molecule is Cc1ccc(CNc2cccc(S(N)(=O)=O)c2C)c(Br)c1. The second kappa shape index (κ2) is 6.17. The van der Waals surface area contributed by atoms with Gasteiger partial charge >= 0.3 is 0 Å². The van der Waals surface area contributed by atoms with Crippen LogP contribution in [0.15, 0.2) is 45.8 Å². The van der Waals surface area contributed by atoms with Crippen molar-refractivity contribution in [1.29, 1.82) is 0 Å². The molecule has 2 aromatic carbocycles. The highest BCUT2D eigenvalue weighted by molar-refractivity contribution is 9.10. The van der Waals surface area contributed by atoms with Crippen LogP contribution in [0.4, 0.5) is 5.69 Å². The summed E-state index contributed by atoms with van der Waals surface area (Å²) in [6.07, 6.45) is 0. The van der Waals surface area contributed by atoms with Crippen molar-refractivity contribution in [2.24, 2.45) is 5.14 Å². The first-order valence-corrected chi connectivity index (χ1v) is 8.74. The molecular formula is C15H17BrN2O2S. The van der Waals surface area contributed by atoms with Crippen molar-refractivity contribution in [3.8, 4) is 0 Å². The maximum absolute atomic E-state index is 11.5. The molecule has 112 valence electrons. The third kappa shape index (κ3) is 3.84. The Labute approximate surface area is 133 Å². The lowest BCUT2D eigenvalue weighted by atomic mass is 10.1. The van der Waals surface area contributed by atoms with Crippen LogP contribution in [0.2, 0.25) is 0 Å². The Morgan fingerprint density at radius 2 is 1.90 bits per heavy atom. The molecular weight excluding hydrogens is 352 g/mol. The molecule has 0 aliphatic heterocycles. The Morgan fingerprint density at radius 3 is 2.52 bits per heavy atom. The minimum absolute atomic E-state index is 0.149. The molecule has 0 bridgehead atoms. The molecule has 0 heterocycles. The van der Waals surface area contributed by atoms with E-state index in [2.05, 4.69) is 21.2 Å². The van der Waals surface area contributed by atoms with E-state index in [-0.39, 0.29) is 4.90 Å². The van der Waals surface area contributed by atoms with Crippen molar-refractivity contribution in [2.45, 2.75) is 25.3 Å². The Morgan fingerprint density at radius 1 is 1.19 bits per heavy atom. The van der Waals surface area contributed by atoms with Gasteiger partial charge in [-0.05, 0) is 48.7 Å². The minimum Gasteiger partial charge on any atom is -0.381 e. The first kappa shape index (κ1) is 16.0. The van der Waals surface area contributed by atoms with Gasteiger partial charge in [0.2, 0.25) is 10.0 Å². The first-order chi connectivity index (χ1) is 9.79. The molecule has 0 amide bonds. The van der Waals surface area contributed by atoms with Gasteiger partial charge in [0.25, 0.3) is 0 Å². The molecule has 21 heavy (non-hydrogen) atoms. The minimum atomic E-state index is -3.70. The van der Waals surface area contributed by atoms with Crippen LogP contribution < -0.4 is 10.5 Å². The van der Waals surface area contributed by atoms with E-state index in [1.165, 1.54) is 11.6 Å². The molecule has 0 aromatic heterocycles. The molecule has 3 N–H and O–H groups in total. The second-order valence-corrected chi connectivity index (χ2v) is 7.31. The van der Waals surface area contributed by atoms with E-state index >= 15 is 0 Å². The zero-order valence-corrected chi connectivity index (χ0v) is 14.3. The van der Waals surface area contributed by atoms with Crippen molar-refractivity contribution in [3.05, 3.63) is 57.6 Å². The molecule has 0 radical (unpaired) electrons. The van der Waals surface area contributed by atoms with E-state index in [1.54, 1.807) is 13.0 Å². The number of rotatable bonds is 4. The van der Waals surface area contributed by atoms with E-state index in [1.807, 2.05) is 31.2 Å². The molecule has 0 spiro atoms. The summed E-state index contributed by atoms with van der Waals surface area (Å²) < 4.78 is 24.1. The molecule has 2 rings (SSSR count). The van der Waals surface area contributed by atoms with Gasteiger partial charge in [0.1, 0.15) is 0 Å². The summed E-state index contributed by atoms with van der Waals surface area (Å²) in [7, 11) is -3.70. The van der Waals surface area contributed by atoms with Gasteiger partial charge in [-0.25, -0.2) is 13.6 Å². The number of aryl methyl sites for hydroxylation is 1. The summed E-state index contributed by atoms with van der Waals surface area (Å²) in [6.45, 7) is 4.36. The number of hydrogen-bond donors (Lipinski definition) is 2. The highest BCUT2D eigenvalue weighted by Gasteiger charge is 2.13. The summed E-state index contributed by atoms with van der Waals surface area (Å²) in [5.74, 6) is 0. The smallest absolute Gasteiger partial charge is 0.238 e. The molecule has 2 aromatic rings. The number of nitrogens with two attached hydrogens (primary N) is 1. The van der Waals surface area contributed by atoms with E-state index in [0.717, 1.165) is 15.7 Å². The van der Waals surface area contributed by atoms with Gasteiger partial charge in [0.15, 0.2) is 0 Å². The van der Waals surface area contributed by atoms with Gasteiger partial charge in [-0.3, -0.25) is 0 Å². The van der Waals surface area contributed by atoms with Crippen molar-refractivity contribution >= 4 is 31.6 Å². The monoisotopic (exact) mass is 368 g/mol. The Bertz CT molecular complexity index is 773. The lowest BCUT2D eigenvalue weighted by molar-refractivity contribution is 0.597. The summed E-state index contributed by atoms with van der Waals surface area (Å²) in [4.78, 5) is 0.149. The molecule has 0 unspecified atom stereocenters. The number of sulfonamides is 1. The number of benzene rings is 2. The molecule has 0 fully saturated rings. The fourth-order valence-corrected chi connectivity index (χ4v) is 3.54. The standard InChI is InChI=1S/C15H17BrN2O2S/c1-10-6-7-12(13(16)8-10)9-18-14-4-3-5-15(11(14)2)21(17,19)20/h3-8,18H,9H2,1-2H3,(H2,17,19,20). The van der Waals surface area contributed by atoms with Crippen LogP contribution in [0, 0.1) is 13.8 Å². The molecule has 4 nitrogen and oxygen atoms in total. The average molecular weight is 369 g/mol. The van der Waals surface area contributed by atoms with Gasteiger partial charge in [0.05, 0.1) is 4.90 Å². The number of hydrogen-bond acceptors (Lipinski definition) is 3. The van der Waals surface area contributed by atoms with Crippen LogP contribution in [0.3, 0.4) is 0 Å². The summed E-state index contributed by atoms with van der Waals surface area (Å²) in [6, 6.07) is 11.1. The van der Waals surface area contributed by atoms with Crippen LogP contribution in [0.1, 0.15) is 16.7 Å². The zero-order valence-electron chi connectivity index (χ0n) is 11.9. The topological polar surface area (TPSA) is 72.2 Å².